The summed E-state index contributed by atoms with van der Waals surface area (Å²) < 4.78 is 13.9. The van der Waals surface area contributed by atoms with Crippen LogP contribution in [0, 0.1) is 5.82 Å². The Balaban J connectivity index is 1.70. The van der Waals surface area contributed by atoms with Gasteiger partial charge >= 0.3 is 0 Å². The number of amides is 2. The Kier molecular flexibility index (Phi) is 4.88. The second kappa shape index (κ2) is 7.25. The van der Waals surface area contributed by atoms with Crippen molar-refractivity contribution in [2.45, 2.75) is 12.5 Å². The van der Waals surface area contributed by atoms with E-state index in [4.69, 9.17) is 0 Å². The average Bonchev–Trinajstić information content (AvgIpc) is 3.01. The summed E-state index contributed by atoms with van der Waals surface area (Å²) in [6.07, 6.45) is 6.83. The van der Waals surface area contributed by atoms with Crippen molar-refractivity contribution in [2.24, 2.45) is 0 Å². The molecule has 2 amide bonds. The van der Waals surface area contributed by atoms with Gasteiger partial charge in [0.1, 0.15) is 11.9 Å². The molecular weight excluding hydrogens is 321 g/mol. The summed E-state index contributed by atoms with van der Waals surface area (Å²) in [5.74, 6) is -0.990. The first-order chi connectivity index (χ1) is 12.1. The van der Waals surface area contributed by atoms with E-state index in [1.807, 2.05) is 6.07 Å². The van der Waals surface area contributed by atoms with E-state index in [1.165, 1.54) is 21.9 Å². The molecule has 0 unspecified atom stereocenters. The lowest BCUT2D eigenvalue weighted by Gasteiger charge is -2.23. The van der Waals surface area contributed by atoms with Gasteiger partial charge in [-0.2, -0.15) is 0 Å². The molecule has 0 aliphatic carbocycles. The van der Waals surface area contributed by atoms with Crippen LogP contribution in [-0.4, -0.2) is 41.3 Å². The Morgan fingerprint density at radius 3 is 2.84 bits per heavy atom. The van der Waals surface area contributed by atoms with Gasteiger partial charge in [0.15, 0.2) is 0 Å². The fraction of sp³-hybridized carbons (Fsp3) is 0.211. The number of likely N-dealkylation sites (N-methyl/N-ethyl adjacent to an activating group) is 1. The number of hydrogen-bond acceptors (Lipinski definition) is 3. The smallest absolute Gasteiger partial charge is 0.249 e. The Hall–Kier alpha value is -3.02. The standard InChI is InChI=1S/C19H18FN3O2/c1-22(18(24)9-8-14-5-4-11-21-13-14)17-10-12-23(19(17)25)16-7-3-2-6-15(16)20/h2-9,11,13,17H,10,12H2,1H3/b9-8-/t17-/m1/s1. The number of nitrogens with zero attached hydrogens (tertiary/aromatic N) is 3. The molecule has 0 saturated carbocycles. The number of para-hydroxylation sites is 1. The first kappa shape index (κ1) is 16.8. The van der Waals surface area contributed by atoms with Crippen LogP contribution >= 0.6 is 0 Å². The summed E-state index contributed by atoms with van der Waals surface area (Å²) in [5, 5.41) is 0. The van der Waals surface area contributed by atoms with E-state index >= 15 is 0 Å². The van der Waals surface area contributed by atoms with Crippen molar-refractivity contribution >= 4 is 23.6 Å². The lowest BCUT2D eigenvalue weighted by molar-refractivity contribution is -0.132. The highest BCUT2D eigenvalue weighted by Gasteiger charge is 2.37. The lowest BCUT2D eigenvalue weighted by atomic mass is 10.2. The fourth-order valence-corrected chi connectivity index (χ4v) is 2.85. The van der Waals surface area contributed by atoms with Crippen LogP contribution in [0.2, 0.25) is 0 Å². The number of anilines is 1. The van der Waals surface area contributed by atoms with E-state index in [1.54, 1.807) is 49.8 Å². The highest BCUT2D eigenvalue weighted by molar-refractivity contribution is 6.03. The topological polar surface area (TPSA) is 53.5 Å². The number of pyridine rings is 1. The molecule has 0 spiro atoms. The van der Waals surface area contributed by atoms with Crippen molar-refractivity contribution in [3.05, 3.63) is 66.2 Å². The lowest BCUT2D eigenvalue weighted by Crippen LogP contribution is -2.42. The van der Waals surface area contributed by atoms with Crippen LogP contribution < -0.4 is 4.90 Å². The van der Waals surface area contributed by atoms with Crippen molar-refractivity contribution in [3.8, 4) is 0 Å². The molecule has 1 aliphatic rings. The first-order valence-electron chi connectivity index (χ1n) is 7.99. The van der Waals surface area contributed by atoms with E-state index in [0.717, 1.165) is 5.56 Å². The molecule has 1 aromatic heterocycles. The monoisotopic (exact) mass is 339 g/mol. The van der Waals surface area contributed by atoms with Crippen molar-refractivity contribution in [3.63, 3.8) is 0 Å². The molecule has 2 aromatic rings. The third-order valence-electron chi connectivity index (χ3n) is 4.24. The number of rotatable bonds is 4. The third kappa shape index (κ3) is 3.57. The van der Waals surface area contributed by atoms with E-state index in [0.29, 0.717) is 13.0 Å². The van der Waals surface area contributed by atoms with Gasteiger partial charge in [0.05, 0.1) is 5.69 Å². The predicted molar refractivity (Wildman–Crippen MR) is 93.2 cm³/mol. The van der Waals surface area contributed by atoms with Crippen LogP contribution in [0.1, 0.15) is 12.0 Å². The van der Waals surface area contributed by atoms with Gasteiger partial charge in [0.25, 0.3) is 0 Å². The molecule has 1 fully saturated rings. The van der Waals surface area contributed by atoms with Crippen LogP contribution in [0.3, 0.4) is 0 Å². The van der Waals surface area contributed by atoms with Gasteiger partial charge < -0.3 is 9.80 Å². The minimum Gasteiger partial charge on any atom is -0.330 e. The molecule has 0 radical (unpaired) electrons. The quantitative estimate of drug-likeness (QED) is 0.804. The molecule has 25 heavy (non-hydrogen) atoms. The maximum atomic E-state index is 13.9. The average molecular weight is 339 g/mol. The highest BCUT2D eigenvalue weighted by atomic mass is 19.1. The molecule has 1 atom stereocenters. The number of benzene rings is 1. The second-order valence-corrected chi connectivity index (χ2v) is 5.81. The summed E-state index contributed by atoms with van der Waals surface area (Å²) in [6, 6.07) is 9.17. The molecule has 0 bridgehead atoms. The molecule has 1 aliphatic heterocycles. The normalized spacial score (nSPS) is 17.3. The van der Waals surface area contributed by atoms with Crippen LogP contribution in [0.15, 0.2) is 54.9 Å². The van der Waals surface area contributed by atoms with Gasteiger partial charge in [0, 0.05) is 32.1 Å². The third-order valence-corrected chi connectivity index (χ3v) is 4.24. The molecule has 128 valence electrons. The van der Waals surface area contributed by atoms with E-state index in [2.05, 4.69) is 4.98 Å². The van der Waals surface area contributed by atoms with E-state index in [-0.39, 0.29) is 17.5 Å². The highest BCUT2D eigenvalue weighted by Crippen LogP contribution is 2.26. The summed E-state index contributed by atoms with van der Waals surface area (Å²) in [6.45, 7) is 0.383. The van der Waals surface area contributed by atoms with Crippen LogP contribution in [0.5, 0.6) is 0 Å². The Morgan fingerprint density at radius 2 is 2.12 bits per heavy atom. The fourth-order valence-electron chi connectivity index (χ4n) is 2.85. The van der Waals surface area contributed by atoms with Crippen LogP contribution in [-0.2, 0) is 9.59 Å². The van der Waals surface area contributed by atoms with Gasteiger partial charge in [0.2, 0.25) is 11.8 Å². The second-order valence-electron chi connectivity index (χ2n) is 5.81. The zero-order chi connectivity index (χ0) is 17.8. The number of halogens is 1. The zero-order valence-corrected chi connectivity index (χ0v) is 13.8. The number of carbonyl (C=O) groups excluding carboxylic acids is 2. The van der Waals surface area contributed by atoms with Gasteiger partial charge in [-0.15, -0.1) is 0 Å². The van der Waals surface area contributed by atoms with Crippen molar-refractivity contribution in [1.29, 1.82) is 0 Å². The van der Waals surface area contributed by atoms with Crippen LogP contribution in [0.25, 0.3) is 6.08 Å². The SMILES string of the molecule is CN(C(=O)/C=C\c1cccnc1)[C@@H]1CCN(c2ccccc2F)C1=O. The minimum atomic E-state index is -0.592. The molecule has 1 aromatic carbocycles. The van der Waals surface area contributed by atoms with Gasteiger partial charge in [-0.1, -0.05) is 18.2 Å². The van der Waals surface area contributed by atoms with Gasteiger partial charge in [-0.3, -0.25) is 14.6 Å². The molecule has 3 rings (SSSR count). The maximum absolute atomic E-state index is 13.9. The molecule has 0 N–H and O–H groups in total. The Labute approximate surface area is 145 Å². The van der Waals surface area contributed by atoms with E-state index < -0.39 is 11.9 Å². The summed E-state index contributed by atoms with van der Waals surface area (Å²) >= 11 is 0. The van der Waals surface area contributed by atoms with Crippen LogP contribution in [0.4, 0.5) is 10.1 Å². The molecule has 1 saturated heterocycles. The largest absolute Gasteiger partial charge is 0.330 e. The zero-order valence-electron chi connectivity index (χ0n) is 13.8. The van der Waals surface area contributed by atoms with Gasteiger partial charge in [-0.05, 0) is 36.3 Å². The predicted octanol–water partition coefficient (Wildman–Crippen LogP) is 2.50. The van der Waals surface area contributed by atoms with Crippen molar-refractivity contribution < 1.29 is 14.0 Å². The summed E-state index contributed by atoms with van der Waals surface area (Å²) in [4.78, 5) is 31.7. The molecule has 6 heteroatoms. The number of carbonyl (C=O) groups is 2. The van der Waals surface area contributed by atoms with Gasteiger partial charge in [-0.25, -0.2) is 4.39 Å². The molecular formula is C19H18FN3O2. The summed E-state index contributed by atoms with van der Waals surface area (Å²) in [5.41, 5.74) is 1.05. The molecule has 2 heterocycles. The van der Waals surface area contributed by atoms with E-state index in [9.17, 15) is 14.0 Å². The van der Waals surface area contributed by atoms with Crippen molar-refractivity contribution in [1.82, 2.24) is 9.88 Å². The Bertz CT molecular complexity index is 807. The van der Waals surface area contributed by atoms with Crippen molar-refractivity contribution in [2.75, 3.05) is 18.5 Å². The Morgan fingerprint density at radius 1 is 1.32 bits per heavy atom. The minimum absolute atomic E-state index is 0.252. The molecule has 5 nitrogen and oxygen atoms in total. The first-order valence-corrected chi connectivity index (χ1v) is 7.99. The number of aromatic nitrogens is 1. The summed E-state index contributed by atoms with van der Waals surface area (Å²) in [7, 11) is 1.59. The number of hydrogen-bond donors (Lipinski definition) is 0. The maximum Gasteiger partial charge on any atom is 0.249 e.